The van der Waals surface area contributed by atoms with Gasteiger partial charge >= 0.3 is 0 Å². The highest BCUT2D eigenvalue weighted by atomic mass is 35.5. The molecule has 17 heavy (non-hydrogen) atoms. The summed E-state index contributed by atoms with van der Waals surface area (Å²) in [5, 5.41) is 2.01. The number of H-pyrrole nitrogens is 1. The van der Waals surface area contributed by atoms with Crippen molar-refractivity contribution in [1.82, 2.24) is 9.97 Å². The Kier molecular flexibility index (Phi) is 3.86. The van der Waals surface area contributed by atoms with Gasteiger partial charge in [0.05, 0.1) is 22.3 Å². The summed E-state index contributed by atoms with van der Waals surface area (Å²) in [5.74, 6) is 1.41. The second kappa shape index (κ2) is 5.21. The standard InChI is InChI=1S/C12H16ClN3S/c1-7(2)3-9(14)12-15-5-10(16-12)8-4-11(13)17-6-8/h4-7,9H,3,14H2,1-2H3,(H,15,16). The molecule has 2 aromatic rings. The fourth-order valence-electron chi connectivity index (χ4n) is 1.74. The van der Waals surface area contributed by atoms with Crippen LogP contribution < -0.4 is 5.73 Å². The highest BCUT2D eigenvalue weighted by Crippen LogP contribution is 2.28. The van der Waals surface area contributed by atoms with Gasteiger partial charge in [0, 0.05) is 10.9 Å². The summed E-state index contributed by atoms with van der Waals surface area (Å²) in [6, 6.07) is 1.90. The summed E-state index contributed by atoms with van der Waals surface area (Å²) in [5.41, 5.74) is 8.12. The minimum Gasteiger partial charge on any atom is -0.341 e. The van der Waals surface area contributed by atoms with Crippen molar-refractivity contribution in [3.63, 3.8) is 0 Å². The average molecular weight is 270 g/mol. The fourth-order valence-corrected chi connectivity index (χ4v) is 2.62. The summed E-state index contributed by atoms with van der Waals surface area (Å²) in [6.45, 7) is 4.31. The predicted molar refractivity (Wildman–Crippen MR) is 73.3 cm³/mol. The van der Waals surface area contributed by atoms with Gasteiger partial charge in [-0.1, -0.05) is 25.4 Å². The summed E-state index contributed by atoms with van der Waals surface area (Å²) in [4.78, 5) is 7.60. The van der Waals surface area contributed by atoms with Crippen LogP contribution in [0.5, 0.6) is 0 Å². The summed E-state index contributed by atoms with van der Waals surface area (Å²) < 4.78 is 0.780. The Balaban J connectivity index is 2.15. The van der Waals surface area contributed by atoms with E-state index in [2.05, 4.69) is 23.8 Å². The molecule has 0 aliphatic heterocycles. The zero-order valence-corrected chi connectivity index (χ0v) is 11.5. The molecule has 1 unspecified atom stereocenters. The monoisotopic (exact) mass is 269 g/mol. The van der Waals surface area contributed by atoms with Crippen LogP contribution in [0, 0.1) is 5.92 Å². The van der Waals surface area contributed by atoms with E-state index in [4.69, 9.17) is 17.3 Å². The molecule has 0 aliphatic carbocycles. The highest BCUT2D eigenvalue weighted by molar-refractivity contribution is 7.14. The van der Waals surface area contributed by atoms with Crippen molar-refractivity contribution >= 4 is 22.9 Å². The summed E-state index contributed by atoms with van der Waals surface area (Å²) in [7, 11) is 0. The van der Waals surface area contributed by atoms with Crippen molar-refractivity contribution in [2.45, 2.75) is 26.3 Å². The SMILES string of the molecule is CC(C)CC(N)c1ncc(-c2csc(Cl)c2)[nH]1. The number of hydrogen-bond donors (Lipinski definition) is 2. The predicted octanol–water partition coefficient (Wildman–Crippen LogP) is 3.84. The molecule has 0 bridgehead atoms. The molecule has 2 aromatic heterocycles. The van der Waals surface area contributed by atoms with Gasteiger partial charge in [-0.2, -0.15) is 0 Å². The maximum absolute atomic E-state index is 6.08. The normalized spacial score (nSPS) is 13.2. The maximum Gasteiger partial charge on any atom is 0.123 e. The van der Waals surface area contributed by atoms with Crippen molar-refractivity contribution in [1.29, 1.82) is 0 Å². The molecule has 2 heterocycles. The third-order valence-corrected chi connectivity index (χ3v) is 3.64. The van der Waals surface area contributed by atoms with Crippen LogP contribution in [0.15, 0.2) is 17.6 Å². The molecule has 5 heteroatoms. The van der Waals surface area contributed by atoms with Crippen molar-refractivity contribution in [2.24, 2.45) is 11.7 Å². The quantitative estimate of drug-likeness (QED) is 0.886. The first-order chi connectivity index (χ1) is 8.06. The smallest absolute Gasteiger partial charge is 0.123 e. The van der Waals surface area contributed by atoms with E-state index in [1.54, 1.807) is 0 Å². The first kappa shape index (κ1) is 12.6. The first-order valence-corrected chi connectivity index (χ1v) is 6.87. The number of thiophene rings is 1. The third kappa shape index (κ3) is 3.09. The highest BCUT2D eigenvalue weighted by Gasteiger charge is 2.13. The molecule has 0 spiro atoms. The van der Waals surface area contributed by atoms with E-state index >= 15 is 0 Å². The number of halogens is 1. The maximum atomic E-state index is 6.08. The molecule has 1 atom stereocenters. The molecule has 0 saturated carbocycles. The molecule has 0 amide bonds. The molecular weight excluding hydrogens is 254 g/mol. The number of nitrogens with zero attached hydrogens (tertiary/aromatic N) is 1. The van der Waals surface area contributed by atoms with E-state index in [1.165, 1.54) is 11.3 Å². The van der Waals surface area contributed by atoms with Crippen molar-refractivity contribution in [2.75, 3.05) is 0 Å². The van der Waals surface area contributed by atoms with E-state index in [0.29, 0.717) is 5.92 Å². The minimum absolute atomic E-state index is 0.0298. The molecular formula is C12H16ClN3S. The lowest BCUT2D eigenvalue weighted by Gasteiger charge is -2.10. The first-order valence-electron chi connectivity index (χ1n) is 5.61. The van der Waals surface area contributed by atoms with Crippen LogP contribution in [-0.2, 0) is 0 Å². The van der Waals surface area contributed by atoms with E-state index < -0.39 is 0 Å². The number of aromatic amines is 1. The molecule has 0 aliphatic rings. The molecule has 3 N–H and O–H groups in total. The summed E-state index contributed by atoms with van der Waals surface area (Å²) >= 11 is 7.42. The van der Waals surface area contributed by atoms with Gasteiger partial charge in [-0.3, -0.25) is 0 Å². The Morgan fingerprint density at radius 2 is 2.29 bits per heavy atom. The molecule has 0 radical (unpaired) electrons. The molecule has 3 nitrogen and oxygen atoms in total. The zero-order chi connectivity index (χ0) is 12.4. The second-order valence-electron chi connectivity index (χ2n) is 4.56. The van der Waals surface area contributed by atoms with E-state index in [-0.39, 0.29) is 6.04 Å². The van der Waals surface area contributed by atoms with Gasteiger partial charge in [0.25, 0.3) is 0 Å². The lowest BCUT2D eigenvalue weighted by molar-refractivity contribution is 0.496. The van der Waals surface area contributed by atoms with Crippen LogP contribution in [0.1, 0.15) is 32.1 Å². The second-order valence-corrected chi connectivity index (χ2v) is 6.10. The topological polar surface area (TPSA) is 54.7 Å². The lowest BCUT2D eigenvalue weighted by Crippen LogP contribution is -2.14. The van der Waals surface area contributed by atoms with Gasteiger partial charge in [-0.15, -0.1) is 11.3 Å². The van der Waals surface area contributed by atoms with Gasteiger partial charge in [-0.05, 0) is 18.4 Å². The largest absolute Gasteiger partial charge is 0.341 e. The van der Waals surface area contributed by atoms with Crippen LogP contribution in [0.25, 0.3) is 11.3 Å². The van der Waals surface area contributed by atoms with Crippen LogP contribution >= 0.6 is 22.9 Å². The number of rotatable bonds is 4. The molecule has 0 aromatic carbocycles. The Bertz CT molecular complexity index is 489. The number of hydrogen-bond acceptors (Lipinski definition) is 3. The minimum atomic E-state index is -0.0298. The number of imidazole rings is 1. The van der Waals surface area contributed by atoms with Crippen LogP contribution in [0.4, 0.5) is 0 Å². The van der Waals surface area contributed by atoms with Crippen molar-refractivity contribution in [3.05, 3.63) is 27.8 Å². The van der Waals surface area contributed by atoms with E-state index in [1.807, 2.05) is 17.6 Å². The summed E-state index contributed by atoms with van der Waals surface area (Å²) in [6.07, 6.45) is 2.74. The number of aromatic nitrogens is 2. The number of nitrogens with one attached hydrogen (secondary N) is 1. The Labute approximate surface area is 110 Å². The van der Waals surface area contributed by atoms with Crippen LogP contribution in [-0.4, -0.2) is 9.97 Å². The van der Waals surface area contributed by atoms with Gasteiger partial charge in [0.15, 0.2) is 0 Å². The third-order valence-electron chi connectivity index (χ3n) is 2.55. The van der Waals surface area contributed by atoms with Gasteiger partial charge in [0.2, 0.25) is 0 Å². The fraction of sp³-hybridized carbons (Fsp3) is 0.417. The molecule has 2 rings (SSSR count). The molecule has 0 fully saturated rings. The number of nitrogens with two attached hydrogens (primary N) is 1. The van der Waals surface area contributed by atoms with Crippen molar-refractivity contribution in [3.8, 4) is 11.3 Å². The van der Waals surface area contributed by atoms with E-state index in [9.17, 15) is 0 Å². The average Bonchev–Trinajstić information content (AvgIpc) is 2.84. The Morgan fingerprint density at radius 3 is 2.88 bits per heavy atom. The Morgan fingerprint density at radius 1 is 1.53 bits per heavy atom. The molecule has 0 saturated heterocycles. The van der Waals surface area contributed by atoms with Gasteiger partial charge in [-0.25, -0.2) is 4.98 Å². The van der Waals surface area contributed by atoms with Crippen molar-refractivity contribution < 1.29 is 0 Å². The van der Waals surface area contributed by atoms with E-state index in [0.717, 1.165) is 27.8 Å². The zero-order valence-electron chi connectivity index (χ0n) is 9.90. The van der Waals surface area contributed by atoms with Crippen LogP contribution in [0.2, 0.25) is 4.34 Å². The molecule has 92 valence electrons. The van der Waals surface area contributed by atoms with Gasteiger partial charge in [0.1, 0.15) is 5.82 Å². The Hall–Kier alpha value is -0.840. The lowest BCUT2D eigenvalue weighted by atomic mass is 10.0. The van der Waals surface area contributed by atoms with Gasteiger partial charge < -0.3 is 10.7 Å². The van der Waals surface area contributed by atoms with Crippen LogP contribution in [0.3, 0.4) is 0 Å².